The maximum atomic E-state index is 12.1. The first-order chi connectivity index (χ1) is 15.1. The number of ether oxygens (including phenoxy) is 4. The molecule has 5 nitrogen and oxygen atoms in total. The van der Waals surface area contributed by atoms with Crippen LogP contribution in [0.4, 0.5) is 0 Å². The molecule has 2 aliphatic carbocycles. The van der Waals surface area contributed by atoms with Crippen molar-refractivity contribution in [1.82, 2.24) is 0 Å². The van der Waals surface area contributed by atoms with Gasteiger partial charge in [-0.3, -0.25) is 4.79 Å². The molecule has 2 aromatic carbocycles. The van der Waals surface area contributed by atoms with Crippen LogP contribution in [-0.2, 0) is 9.53 Å². The van der Waals surface area contributed by atoms with Crippen LogP contribution in [0.15, 0.2) is 48.5 Å². The molecule has 0 radical (unpaired) electrons. The van der Waals surface area contributed by atoms with Crippen LogP contribution in [0.5, 0.6) is 17.2 Å². The van der Waals surface area contributed by atoms with Gasteiger partial charge in [-0.25, -0.2) is 0 Å². The van der Waals surface area contributed by atoms with E-state index in [-0.39, 0.29) is 23.9 Å². The van der Waals surface area contributed by atoms with Crippen LogP contribution in [0.25, 0.3) is 0 Å². The normalized spacial score (nSPS) is 22.0. The molecule has 31 heavy (non-hydrogen) atoms. The fourth-order valence-corrected chi connectivity index (χ4v) is 4.56. The molecule has 0 bridgehead atoms. The zero-order valence-electron chi connectivity index (χ0n) is 18.6. The van der Waals surface area contributed by atoms with Gasteiger partial charge in [-0.1, -0.05) is 25.1 Å². The summed E-state index contributed by atoms with van der Waals surface area (Å²) in [6, 6.07) is 16.0. The van der Waals surface area contributed by atoms with Crippen LogP contribution in [0, 0.1) is 17.8 Å². The Morgan fingerprint density at radius 2 is 1.71 bits per heavy atom. The van der Waals surface area contributed by atoms with E-state index in [0.717, 1.165) is 30.1 Å². The lowest BCUT2D eigenvalue weighted by atomic mass is 9.82. The number of benzene rings is 2. The Balaban J connectivity index is 1.28. The van der Waals surface area contributed by atoms with Crippen LogP contribution < -0.4 is 14.2 Å². The van der Waals surface area contributed by atoms with Gasteiger partial charge in [0.1, 0.15) is 17.2 Å². The van der Waals surface area contributed by atoms with Gasteiger partial charge < -0.3 is 18.9 Å². The SMILES string of the molecule is COC(=O)[C@@H](C)[C@H](c1cccc(OCC2CC(Oc3cccc(OC)c3)C2)c1)C1CC1. The fourth-order valence-electron chi connectivity index (χ4n) is 4.56. The number of hydrogen-bond donors (Lipinski definition) is 0. The Morgan fingerprint density at radius 1 is 1.00 bits per heavy atom. The van der Waals surface area contributed by atoms with Gasteiger partial charge in [-0.15, -0.1) is 0 Å². The Morgan fingerprint density at radius 3 is 2.42 bits per heavy atom. The van der Waals surface area contributed by atoms with Gasteiger partial charge in [0.2, 0.25) is 0 Å². The highest BCUT2D eigenvalue weighted by Crippen LogP contribution is 2.47. The summed E-state index contributed by atoms with van der Waals surface area (Å²) in [6.07, 6.45) is 4.55. The van der Waals surface area contributed by atoms with Gasteiger partial charge in [0, 0.05) is 6.07 Å². The third-order valence-corrected chi connectivity index (χ3v) is 6.51. The maximum Gasteiger partial charge on any atom is 0.309 e. The Bertz CT molecular complexity index is 885. The minimum atomic E-state index is -0.145. The number of carbonyl (C=O) groups excluding carboxylic acids is 1. The molecular formula is C26H32O5. The quantitative estimate of drug-likeness (QED) is 0.489. The van der Waals surface area contributed by atoms with Crippen molar-refractivity contribution in [3.8, 4) is 17.2 Å². The van der Waals surface area contributed by atoms with Crippen molar-refractivity contribution in [2.24, 2.45) is 17.8 Å². The summed E-state index contributed by atoms with van der Waals surface area (Å²) >= 11 is 0. The lowest BCUT2D eigenvalue weighted by molar-refractivity contribution is -0.145. The first-order valence-corrected chi connectivity index (χ1v) is 11.2. The summed E-state index contributed by atoms with van der Waals surface area (Å²) in [4.78, 5) is 12.1. The second kappa shape index (κ2) is 9.63. The molecule has 0 amide bonds. The van der Waals surface area contributed by atoms with Gasteiger partial charge >= 0.3 is 5.97 Å². The Kier molecular flexibility index (Phi) is 6.69. The zero-order chi connectivity index (χ0) is 21.8. The van der Waals surface area contributed by atoms with E-state index in [1.807, 2.05) is 43.3 Å². The van der Waals surface area contributed by atoms with Crippen LogP contribution in [0.2, 0.25) is 0 Å². The first-order valence-electron chi connectivity index (χ1n) is 11.2. The van der Waals surface area contributed by atoms with Crippen molar-refractivity contribution in [2.45, 2.75) is 44.6 Å². The molecule has 2 aliphatic rings. The highest BCUT2D eigenvalue weighted by molar-refractivity contribution is 5.73. The van der Waals surface area contributed by atoms with Gasteiger partial charge in [0.25, 0.3) is 0 Å². The standard InChI is InChI=1S/C26H32O5/c1-17(26(27)29-3)25(19-10-11-19)20-6-4-8-22(14-20)30-16-18-12-24(13-18)31-23-9-5-7-21(15-23)28-2/h4-9,14-15,17-19,24-25H,10-13,16H2,1-3H3/t17-,18?,24?,25-/m0/s1. The molecule has 2 aromatic rings. The molecule has 4 rings (SSSR count). The van der Waals surface area contributed by atoms with Crippen LogP contribution in [0.3, 0.4) is 0 Å². The van der Waals surface area contributed by atoms with E-state index < -0.39 is 0 Å². The van der Waals surface area contributed by atoms with Gasteiger partial charge in [-0.2, -0.15) is 0 Å². The van der Waals surface area contributed by atoms with E-state index >= 15 is 0 Å². The summed E-state index contributed by atoms with van der Waals surface area (Å²) in [5.41, 5.74) is 1.17. The topological polar surface area (TPSA) is 54.0 Å². The lowest BCUT2D eigenvalue weighted by Gasteiger charge is -2.35. The second-order valence-corrected chi connectivity index (χ2v) is 8.81. The summed E-state index contributed by atoms with van der Waals surface area (Å²) < 4.78 is 22.4. The zero-order valence-corrected chi connectivity index (χ0v) is 18.6. The summed E-state index contributed by atoms with van der Waals surface area (Å²) in [5.74, 6) is 3.49. The summed E-state index contributed by atoms with van der Waals surface area (Å²) in [6.45, 7) is 2.65. The largest absolute Gasteiger partial charge is 0.497 e. The molecule has 0 saturated heterocycles. The van der Waals surface area contributed by atoms with E-state index in [9.17, 15) is 4.79 Å². The predicted molar refractivity (Wildman–Crippen MR) is 119 cm³/mol. The molecular weight excluding hydrogens is 392 g/mol. The minimum Gasteiger partial charge on any atom is -0.497 e. The Labute approximate surface area is 184 Å². The summed E-state index contributed by atoms with van der Waals surface area (Å²) in [5, 5.41) is 0. The van der Waals surface area contributed by atoms with E-state index in [1.165, 1.54) is 25.5 Å². The number of esters is 1. The number of methoxy groups -OCH3 is 2. The molecule has 0 aromatic heterocycles. The average Bonchev–Trinajstić information content (AvgIpc) is 3.60. The van der Waals surface area contributed by atoms with E-state index in [2.05, 4.69) is 12.1 Å². The number of hydrogen-bond acceptors (Lipinski definition) is 5. The minimum absolute atomic E-state index is 0.139. The van der Waals surface area contributed by atoms with Crippen LogP contribution in [-0.4, -0.2) is 32.9 Å². The molecule has 2 fully saturated rings. The molecule has 166 valence electrons. The van der Waals surface area contributed by atoms with Crippen LogP contribution in [0.1, 0.15) is 44.1 Å². The number of rotatable bonds is 10. The van der Waals surface area contributed by atoms with Crippen molar-refractivity contribution in [1.29, 1.82) is 0 Å². The van der Waals surface area contributed by atoms with E-state index in [4.69, 9.17) is 18.9 Å². The fraction of sp³-hybridized carbons (Fsp3) is 0.500. The third-order valence-electron chi connectivity index (χ3n) is 6.51. The van der Waals surface area contributed by atoms with E-state index in [1.54, 1.807) is 7.11 Å². The highest BCUT2D eigenvalue weighted by atomic mass is 16.5. The van der Waals surface area contributed by atoms with Gasteiger partial charge in [-0.05, 0) is 73.3 Å². The molecule has 2 saturated carbocycles. The molecule has 0 unspecified atom stereocenters. The lowest BCUT2D eigenvalue weighted by Crippen LogP contribution is -2.37. The van der Waals surface area contributed by atoms with Crippen molar-refractivity contribution < 1.29 is 23.7 Å². The molecule has 0 N–H and O–H groups in total. The molecule has 5 heteroatoms. The predicted octanol–water partition coefficient (Wildman–Crippen LogP) is 5.23. The second-order valence-electron chi connectivity index (χ2n) is 8.81. The van der Waals surface area contributed by atoms with Crippen molar-refractivity contribution in [2.75, 3.05) is 20.8 Å². The van der Waals surface area contributed by atoms with Crippen molar-refractivity contribution in [3.63, 3.8) is 0 Å². The molecule has 0 heterocycles. The molecule has 2 atom stereocenters. The summed E-state index contributed by atoms with van der Waals surface area (Å²) in [7, 11) is 3.13. The van der Waals surface area contributed by atoms with E-state index in [0.29, 0.717) is 18.4 Å². The molecule has 0 aliphatic heterocycles. The molecule has 0 spiro atoms. The highest BCUT2D eigenvalue weighted by Gasteiger charge is 2.39. The third kappa shape index (κ3) is 5.33. The van der Waals surface area contributed by atoms with Crippen molar-refractivity contribution in [3.05, 3.63) is 54.1 Å². The van der Waals surface area contributed by atoms with Gasteiger partial charge in [0.15, 0.2) is 0 Å². The monoisotopic (exact) mass is 424 g/mol. The average molecular weight is 425 g/mol. The maximum absolute atomic E-state index is 12.1. The first kappa shape index (κ1) is 21.5. The van der Waals surface area contributed by atoms with Crippen molar-refractivity contribution >= 4 is 5.97 Å². The van der Waals surface area contributed by atoms with Gasteiger partial charge in [0.05, 0.1) is 32.8 Å². The van der Waals surface area contributed by atoms with Crippen LogP contribution >= 0.6 is 0 Å². The smallest absolute Gasteiger partial charge is 0.309 e. The Hall–Kier alpha value is -2.69. The number of carbonyl (C=O) groups is 1.